The molecule has 7 nitrogen and oxygen atoms in total. The van der Waals surface area contributed by atoms with E-state index in [4.69, 9.17) is 9.47 Å². The molecule has 27 heavy (non-hydrogen) atoms. The third-order valence-corrected chi connectivity index (χ3v) is 6.73. The van der Waals surface area contributed by atoms with Gasteiger partial charge in [0.15, 0.2) is 21.3 Å². The molecular weight excluding hydrogens is 392 g/mol. The number of ether oxygens (including phenoxy) is 2. The predicted molar refractivity (Wildman–Crippen MR) is 105 cm³/mol. The Morgan fingerprint density at radius 1 is 1.22 bits per heavy atom. The number of amides is 1. The van der Waals surface area contributed by atoms with E-state index in [1.54, 1.807) is 11.0 Å². The van der Waals surface area contributed by atoms with Crippen molar-refractivity contribution in [2.24, 2.45) is 0 Å². The molecule has 0 saturated carbocycles. The molecule has 2 unspecified atom stereocenters. The SMILES string of the molecule is CC1NCCN(C(=O)CCS(=O)(=O)c2ccc3c(c2)OCCCO3)C1C.Cl. The molecule has 0 aromatic heterocycles. The van der Waals surface area contributed by atoms with Gasteiger partial charge in [0.2, 0.25) is 5.91 Å². The van der Waals surface area contributed by atoms with Crippen LogP contribution in [-0.2, 0) is 14.6 Å². The van der Waals surface area contributed by atoms with E-state index in [1.165, 1.54) is 12.1 Å². The maximum atomic E-state index is 12.7. The van der Waals surface area contributed by atoms with Gasteiger partial charge in [-0.15, -0.1) is 12.4 Å². The molecule has 1 saturated heterocycles. The van der Waals surface area contributed by atoms with Gasteiger partial charge in [0.05, 0.1) is 23.9 Å². The summed E-state index contributed by atoms with van der Waals surface area (Å²) in [7, 11) is -3.57. The van der Waals surface area contributed by atoms with Crippen molar-refractivity contribution in [2.75, 3.05) is 32.1 Å². The highest BCUT2D eigenvalue weighted by atomic mass is 35.5. The maximum absolute atomic E-state index is 12.7. The molecule has 2 aliphatic rings. The van der Waals surface area contributed by atoms with Crippen molar-refractivity contribution in [3.8, 4) is 11.5 Å². The quantitative estimate of drug-likeness (QED) is 0.800. The summed E-state index contributed by atoms with van der Waals surface area (Å²) in [5, 5.41) is 3.31. The van der Waals surface area contributed by atoms with Crippen molar-refractivity contribution in [3.63, 3.8) is 0 Å². The molecule has 2 heterocycles. The summed E-state index contributed by atoms with van der Waals surface area (Å²) in [5.74, 6) is 0.667. The number of hydrogen-bond acceptors (Lipinski definition) is 6. The Kier molecular flexibility index (Phi) is 7.36. The first-order chi connectivity index (χ1) is 12.4. The van der Waals surface area contributed by atoms with Gasteiger partial charge in [-0.3, -0.25) is 4.79 Å². The van der Waals surface area contributed by atoms with E-state index in [1.807, 2.05) is 13.8 Å². The molecule has 0 spiro atoms. The molecule has 1 amide bonds. The van der Waals surface area contributed by atoms with Crippen molar-refractivity contribution in [1.82, 2.24) is 10.2 Å². The fraction of sp³-hybridized carbons (Fsp3) is 0.611. The Morgan fingerprint density at radius 3 is 2.67 bits per heavy atom. The third-order valence-electron chi connectivity index (χ3n) is 5.02. The van der Waals surface area contributed by atoms with Crippen LogP contribution in [0.4, 0.5) is 0 Å². The number of benzene rings is 1. The lowest BCUT2D eigenvalue weighted by atomic mass is 10.1. The van der Waals surface area contributed by atoms with E-state index in [2.05, 4.69) is 5.32 Å². The van der Waals surface area contributed by atoms with Crippen molar-refractivity contribution >= 4 is 28.2 Å². The van der Waals surface area contributed by atoms with E-state index in [0.717, 1.165) is 13.0 Å². The van der Waals surface area contributed by atoms with Crippen molar-refractivity contribution in [1.29, 1.82) is 0 Å². The van der Waals surface area contributed by atoms with Crippen LogP contribution in [0.25, 0.3) is 0 Å². The fourth-order valence-electron chi connectivity index (χ4n) is 3.23. The Morgan fingerprint density at radius 2 is 1.93 bits per heavy atom. The summed E-state index contributed by atoms with van der Waals surface area (Å²) < 4.78 is 36.4. The second-order valence-corrected chi connectivity index (χ2v) is 8.91. The number of fused-ring (bicyclic) bond motifs is 1. The number of nitrogens with zero attached hydrogens (tertiary/aromatic N) is 1. The van der Waals surface area contributed by atoms with E-state index in [9.17, 15) is 13.2 Å². The number of nitrogens with one attached hydrogen (secondary N) is 1. The maximum Gasteiger partial charge on any atom is 0.223 e. The van der Waals surface area contributed by atoms with Gasteiger partial charge in [-0.25, -0.2) is 8.42 Å². The Bertz CT molecular complexity index is 771. The summed E-state index contributed by atoms with van der Waals surface area (Å²) in [6.07, 6.45) is 0.737. The van der Waals surface area contributed by atoms with Crippen molar-refractivity contribution in [2.45, 2.75) is 43.7 Å². The van der Waals surface area contributed by atoms with Crippen LogP contribution in [-0.4, -0.2) is 63.4 Å². The summed E-state index contributed by atoms with van der Waals surface area (Å²) in [5.41, 5.74) is 0. The zero-order chi connectivity index (χ0) is 18.7. The minimum absolute atomic E-state index is 0. The van der Waals surface area contributed by atoms with E-state index in [-0.39, 0.29) is 47.5 Å². The first-order valence-electron chi connectivity index (χ1n) is 9.04. The van der Waals surface area contributed by atoms with Gasteiger partial charge < -0.3 is 19.7 Å². The minimum Gasteiger partial charge on any atom is -0.490 e. The number of piperazine rings is 1. The summed E-state index contributed by atoms with van der Waals surface area (Å²) in [6, 6.07) is 4.89. The Balaban J connectivity index is 0.00000261. The van der Waals surface area contributed by atoms with Gasteiger partial charge in [-0.2, -0.15) is 0 Å². The van der Waals surface area contributed by atoms with Crippen LogP contribution in [0.1, 0.15) is 26.7 Å². The standard InChI is InChI=1S/C18H26N2O5S.ClH/c1-13-14(2)20(8-7-19-13)18(21)6-11-26(22,23)15-4-5-16-17(12-15)25-10-3-9-24-16;/h4-5,12-14,19H,3,6-11H2,1-2H3;1H. The van der Waals surface area contributed by atoms with Gasteiger partial charge in [0.1, 0.15) is 0 Å². The molecule has 0 aliphatic carbocycles. The lowest BCUT2D eigenvalue weighted by molar-refractivity contribution is -0.134. The van der Waals surface area contributed by atoms with Gasteiger partial charge >= 0.3 is 0 Å². The highest BCUT2D eigenvalue weighted by molar-refractivity contribution is 7.91. The topological polar surface area (TPSA) is 84.9 Å². The lowest BCUT2D eigenvalue weighted by Crippen LogP contribution is -2.57. The monoisotopic (exact) mass is 418 g/mol. The zero-order valence-electron chi connectivity index (χ0n) is 15.6. The Hall–Kier alpha value is -1.51. The first kappa shape index (κ1) is 21.8. The van der Waals surface area contributed by atoms with Crippen LogP contribution in [0.5, 0.6) is 11.5 Å². The summed E-state index contributed by atoms with van der Waals surface area (Å²) >= 11 is 0. The number of sulfone groups is 1. The molecule has 9 heteroatoms. The minimum atomic E-state index is -3.57. The second kappa shape index (κ2) is 9.12. The van der Waals surface area contributed by atoms with Gasteiger partial charge in [-0.1, -0.05) is 0 Å². The largest absolute Gasteiger partial charge is 0.490 e. The van der Waals surface area contributed by atoms with E-state index < -0.39 is 9.84 Å². The third kappa shape index (κ3) is 5.06. The highest BCUT2D eigenvalue weighted by Gasteiger charge is 2.29. The summed E-state index contributed by atoms with van der Waals surface area (Å²) in [6.45, 7) is 6.38. The molecule has 0 bridgehead atoms. The molecule has 0 radical (unpaired) electrons. The number of carbonyl (C=O) groups is 1. The molecular formula is C18H27ClN2O5S. The number of carbonyl (C=O) groups excluding carboxylic acids is 1. The Labute approximate surface area is 166 Å². The number of halogens is 1. The van der Waals surface area contributed by atoms with Crippen LogP contribution < -0.4 is 14.8 Å². The van der Waals surface area contributed by atoms with Gasteiger partial charge in [0, 0.05) is 44.1 Å². The van der Waals surface area contributed by atoms with Crippen LogP contribution in [0.15, 0.2) is 23.1 Å². The molecule has 1 fully saturated rings. The van der Waals surface area contributed by atoms with Crippen molar-refractivity contribution in [3.05, 3.63) is 18.2 Å². The normalized spacial score (nSPS) is 22.5. The molecule has 2 atom stereocenters. The molecule has 1 aromatic carbocycles. The van der Waals surface area contributed by atoms with Gasteiger partial charge in [0.25, 0.3) is 0 Å². The average molecular weight is 419 g/mol. The van der Waals surface area contributed by atoms with Crippen LogP contribution in [0.3, 0.4) is 0 Å². The average Bonchev–Trinajstić information content (AvgIpc) is 2.87. The smallest absolute Gasteiger partial charge is 0.223 e. The van der Waals surface area contributed by atoms with Crippen LogP contribution >= 0.6 is 12.4 Å². The highest BCUT2D eigenvalue weighted by Crippen LogP contribution is 2.32. The zero-order valence-corrected chi connectivity index (χ0v) is 17.3. The van der Waals surface area contributed by atoms with Crippen LogP contribution in [0.2, 0.25) is 0 Å². The van der Waals surface area contributed by atoms with E-state index in [0.29, 0.717) is 31.3 Å². The van der Waals surface area contributed by atoms with E-state index >= 15 is 0 Å². The predicted octanol–water partition coefficient (Wildman–Crippen LogP) is 1.64. The van der Waals surface area contributed by atoms with Crippen molar-refractivity contribution < 1.29 is 22.7 Å². The second-order valence-electron chi connectivity index (χ2n) is 6.80. The molecule has 3 rings (SSSR count). The van der Waals surface area contributed by atoms with Gasteiger partial charge in [-0.05, 0) is 26.0 Å². The molecule has 1 aromatic rings. The number of hydrogen-bond donors (Lipinski definition) is 1. The molecule has 152 valence electrons. The molecule has 2 aliphatic heterocycles. The lowest BCUT2D eigenvalue weighted by Gasteiger charge is -2.38. The van der Waals surface area contributed by atoms with Crippen LogP contribution in [0, 0.1) is 0 Å². The number of rotatable bonds is 4. The fourth-order valence-corrected chi connectivity index (χ4v) is 4.47. The first-order valence-corrected chi connectivity index (χ1v) is 10.7. The summed E-state index contributed by atoms with van der Waals surface area (Å²) in [4.78, 5) is 14.4. The molecule has 1 N–H and O–H groups in total.